The number of thiocarbonyl (C=S) groups is 1. The lowest BCUT2D eigenvalue weighted by Gasteiger charge is -2.05. The number of hydrogen-bond donors (Lipinski definition) is 0. The molecule has 0 radical (unpaired) electrons. The van der Waals surface area contributed by atoms with Crippen LogP contribution in [0.3, 0.4) is 0 Å². The Kier molecular flexibility index (Phi) is 3.97. The smallest absolute Gasteiger partial charge is 0.161 e. The van der Waals surface area contributed by atoms with Gasteiger partial charge in [0.2, 0.25) is 0 Å². The van der Waals surface area contributed by atoms with Crippen LogP contribution in [0.1, 0.15) is 17.0 Å². The third-order valence-electron chi connectivity index (χ3n) is 2.39. The lowest BCUT2D eigenvalue weighted by atomic mass is 10.2. The van der Waals surface area contributed by atoms with Gasteiger partial charge in [-0.1, -0.05) is 54.3 Å². The van der Waals surface area contributed by atoms with Crippen molar-refractivity contribution in [3.05, 3.63) is 53.3 Å². The zero-order valence-corrected chi connectivity index (χ0v) is 11.5. The number of hydrogen-bond acceptors (Lipinski definition) is 3. The first kappa shape index (κ1) is 12.3. The van der Waals surface area contributed by atoms with Gasteiger partial charge in [-0.05, 0) is 25.5 Å². The summed E-state index contributed by atoms with van der Waals surface area (Å²) in [5, 5.41) is 4.38. The molecule has 0 bridgehead atoms. The Balaban J connectivity index is 2.01. The maximum absolute atomic E-state index is 5.38. The molecule has 2 rings (SSSR count). The second-order valence-corrected chi connectivity index (χ2v) is 5.49. The maximum Gasteiger partial charge on any atom is 0.161 e. The van der Waals surface area contributed by atoms with Gasteiger partial charge in [-0.25, -0.2) is 4.68 Å². The highest BCUT2D eigenvalue weighted by Crippen LogP contribution is 2.16. The van der Waals surface area contributed by atoms with Gasteiger partial charge in [0, 0.05) is 11.4 Å². The molecule has 0 spiro atoms. The summed E-state index contributed by atoms with van der Waals surface area (Å²) in [4.78, 5) is 0. The summed E-state index contributed by atoms with van der Waals surface area (Å²) in [6.07, 6.45) is 0. The lowest BCUT2D eigenvalue weighted by molar-refractivity contribution is 0.906. The molecule has 1 aromatic heterocycles. The Morgan fingerprint density at radius 2 is 2.00 bits per heavy atom. The van der Waals surface area contributed by atoms with Crippen LogP contribution in [0.15, 0.2) is 36.4 Å². The van der Waals surface area contributed by atoms with Crippen LogP contribution in [0.4, 0.5) is 0 Å². The number of aryl methyl sites for hydroxylation is 2. The van der Waals surface area contributed by atoms with E-state index < -0.39 is 0 Å². The Morgan fingerprint density at radius 3 is 2.59 bits per heavy atom. The molecule has 2 nitrogen and oxygen atoms in total. The summed E-state index contributed by atoms with van der Waals surface area (Å²) in [7, 11) is 0. The topological polar surface area (TPSA) is 17.8 Å². The summed E-state index contributed by atoms with van der Waals surface area (Å²) >= 11 is 7.03. The first-order valence-electron chi connectivity index (χ1n) is 5.41. The van der Waals surface area contributed by atoms with Crippen LogP contribution in [0.2, 0.25) is 0 Å². The van der Waals surface area contributed by atoms with E-state index in [1.165, 1.54) is 5.56 Å². The number of nitrogens with zero attached hydrogens (tertiary/aromatic N) is 2. The second-order valence-electron chi connectivity index (χ2n) is 3.88. The first-order valence-corrected chi connectivity index (χ1v) is 6.80. The van der Waals surface area contributed by atoms with Gasteiger partial charge < -0.3 is 0 Å². The predicted molar refractivity (Wildman–Crippen MR) is 77.4 cm³/mol. The van der Waals surface area contributed by atoms with E-state index in [-0.39, 0.29) is 0 Å². The molecule has 0 aliphatic rings. The van der Waals surface area contributed by atoms with Gasteiger partial charge in [0.15, 0.2) is 4.32 Å². The molecule has 0 saturated heterocycles. The van der Waals surface area contributed by atoms with Crippen molar-refractivity contribution in [3.8, 4) is 0 Å². The van der Waals surface area contributed by atoms with E-state index in [9.17, 15) is 0 Å². The molecule has 2 aromatic rings. The van der Waals surface area contributed by atoms with Crippen LogP contribution in [0.5, 0.6) is 0 Å². The van der Waals surface area contributed by atoms with E-state index >= 15 is 0 Å². The molecule has 0 N–H and O–H groups in total. The highest BCUT2D eigenvalue weighted by Gasteiger charge is 2.06. The zero-order valence-electron chi connectivity index (χ0n) is 9.88. The third kappa shape index (κ3) is 3.17. The van der Waals surface area contributed by atoms with Gasteiger partial charge in [0.1, 0.15) is 0 Å². The van der Waals surface area contributed by atoms with Crippen molar-refractivity contribution in [2.75, 3.05) is 0 Å². The summed E-state index contributed by atoms with van der Waals surface area (Å²) < 4.78 is 2.64. The Labute approximate surface area is 111 Å². The second kappa shape index (κ2) is 5.47. The molecule has 0 saturated carbocycles. The van der Waals surface area contributed by atoms with Crippen LogP contribution in [0, 0.1) is 13.8 Å². The third-order valence-corrected chi connectivity index (χ3v) is 3.81. The van der Waals surface area contributed by atoms with Gasteiger partial charge in [-0.3, -0.25) is 0 Å². The molecule has 0 amide bonds. The lowest BCUT2D eigenvalue weighted by Crippen LogP contribution is -2.09. The molecule has 4 heteroatoms. The average molecular weight is 262 g/mol. The van der Waals surface area contributed by atoms with Gasteiger partial charge in [-0.15, -0.1) is 0 Å². The average Bonchev–Trinajstić information content (AvgIpc) is 2.67. The molecule has 0 aliphatic heterocycles. The van der Waals surface area contributed by atoms with Crippen LogP contribution in [-0.2, 0) is 5.75 Å². The van der Waals surface area contributed by atoms with Crippen molar-refractivity contribution in [2.24, 2.45) is 0 Å². The molecular formula is C13H14N2S2. The highest BCUT2D eigenvalue weighted by atomic mass is 32.2. The number of thioether (sulfide) groups is 1. The summed E-state index contributed by atoms with van der Waals surface area (Å²) in [5.74, 6) is 0.887. The van der Waals surface area contributed by atoms with Crippen LogP contribution in [-0.4, -0.2) is 14.1 Å². The van der Waals surface area contributed by atoms with E-state index in [4.69, 9.17) is 12.2 Å². The fourth-order valence-electron chi connectivity index (χ4n) is 1.59. The van der Waals surface area contributed by atoms with Gasteiger partial charge in [-0.2, -0.15) is 5.10 Å². The highest BCUT2D eigenvalue weighted by molar-refractivity contribution is 8.22. The van der Waals surface area contributed by atoms with E-state index in [0.29, 0.717) is 0 Å². The number of benzene rings is 1. The molecule has 0 aliphatic carbocycles. The largest absolute Gasteiger partial charge is 0.220 e. The van der Waals surface area contributed by atoms with Crippen LogP contribution < -0.4 is 0 Å². The van der Waals surface area contributed by atoms with Gasteiger partial charge in [0.25, 0.3) is 0 Å². The SMILES string of the molecule is Cc1cc(C)n(C(=S)SCc2ccccc2)n1. The molecule has 0 unspecified atom stereocenters. The van der Waals surface area contributed by atoms with Gasteiger partial charge in [0.05, 0.1) is 5.69 Å². The van der Waals surface area contributed by atoms with E-state index in [1.807, 2.05) is 42.8 Å². The van der Waals surface area contributed by atoms with Crippen molar-refractivity contribution < 1.29 is 0 Å². The minimum Gasteiger partial charge on any atom is -0.220 e. The van der Waals surface area contributed by atoms with Crippen molar-refractivity contribution >= 4 is 28.3 Å². The summed E-state index contributed by atoms with van der Waals surface area (Å²) in [5.41, 5.74) is 3.37. The molecule has 1 heterocycles. The Bertz CT molecular complexity index is 517. The summed E-state index contributed by atoms with van der Waals surface area (Å²) in [6.45, 7) is 4.00. The number of aromatic nitrogens is 2. The maximum atomic E-state index is 5.38. The monoisotopic (exact) mass is 262 g/mol. The van der Waals surface area contributed by atoms with Crippen molar-refractivity contribution in [1.29, 1.82) is 0 Å². The minimum atomic E-state index is 0.805. The summed E-state index contributed by atoms with van der Waals surface area (Å²) in [6, 6.07) is 12.4. The minimum absolute atomic E-state index is 0.805. The normalized spacial score (nSPS) is 10.5. The quantitative estimate of drug-likeness (QED) is 0.771. The fraction of sp³-hybridized carbons (Fsp3) is 0.231. The molecular weight excluding hydrogens is 248 g/mol. The van der Waals surface area contributed by atoms with E-state index in [1.54, 1.807) is 11.8 Å². The first-order chi connectivity index (χ1) is 8.16. The van der Waals surface area contributed by atoms with Gasteiger partial charge >= 0.3 is 0 Å². The van der Waals surface area contributed by atoms with Crippen molar-refractivity contribution in [1.82, 2.24) is 9.78 Å². The molecule has 88 valence electrons. The van der Waals surface area contributed by atoms with Crippen LogP contribution >= 0.6 is 24.0 Å². The van der Waals surface area contributed by atoms with Crippen molar-refractivity contribution in [3.63, 3.8) is 0 Å². The van der Waals surface area contributed by atoms with E-state index in [2.05, 4.69) is 17.2 Å². The molecule has 0 atom stereocenters. The Morgan fingerprint density at radius 1 is 1.29 bits per heavy atom. The van der Waals surface area contributed by atoms with Crippen molar-refractivity contribution in [2.45, 2.75) is 19.6 Å². The Hall–Kier alpha value is -1.13. The zero-order chi connectivity index (χ0) is 12.3. The molecule has 0 fully saturated rings. The predicted octanol–water partition coefficient (Wildman–Crippen LogP) is 3.57. The van der Waals surface area contributed by atoms with Crippen LogP contribution in [0.25, 0.3) is 0 Å². The standard InChI is InChI=1S/C13H14N2S2/c1-10-8-11(2)15(14-10)13(16)17-9-12-6-4-3-5-7-12/h3-8H,9H2,1-2H3. The molecule has 17 heavy (non-hydrogen) atoms. The van der Waals surface area contributed by atoms with E-state index in [0.717, 1.165) is 21.5 Å². The fourth-order valence-corrected chi connectivity index (χ4v) is 2.75. The number of rotatable bonds is 2. The molecule has 1 aromatic carbocycles.